The molecule has 0 aliphatic heterocycles. The zero-order valence-electron chi connectivity index (χ0n) is 5.80. The Bertz CT molecular complexity index is 180. The lowest BCUT2D eigenvalue weighted by atomic mass is 9.96. The Morgan fingerprint density at radius 2 is 2.60 bits per heavy atom. The molecule has 2 heteroatoms. The number of esters is 1. The van der Waals surface area contributed by atoms with Crippen LogP contribution in [0.5, 0.6) is 0 Å². The molecule has 0 aromatic carbocycles. The summed E-state index contributed by atoms with van der Waals surface area (Å²) < 4.78 is 4.53. The quantitative estimate of drug-likeness (QED) is 0.337. The Kier molecular flexibility index (Phi) is 2.26. The van der Waals surface area contributed by atoms with E-state index in [2.05, 4.69) is 17.4 Å². The Morgan fingerprint density at radius 3 is 3.00 bits per heavy atom. The maximum atomic E-state index is 10.7. The first-order valence-corrected chi connectivity index (χ1v) is 3.31. The molecule has 0 N–H and O–H groups in total. The number of hydrogen-bond acceptors (Lipinski definition) is 2. The molecule has 10 heavy (non-hydrogen) atoms. The highest BCUT2D eigenvalue weighted by atomic mass is 16.5. The molecule has 0 aromatic rings. The van der Waals surface area contributed by atoms with Gasteiger partial charge in [0, 0.05) is 0 Å². The zero-order valence-corrected chi connectivity index (χ0v) is 5.80. The molecule has 2 nitrogen and oxygen atoms in total. The van der Waals surface area contributed by atoms with Crippen LogP contribution in [0.3, 0.4) is 0 Å². The third kappa shape index (κ3) is 1.72. The zero-order chi connectivity index (χ0) is 7.40. The molecular formula is C8H10O2. The molecule has 0 heterocycles. The monoisotopic (exact) mass is 138 g/mol. The smallest absolute Gasteiger partial charge is 0.314 e. The van der Waals surface area contributed by atoms with Crippen LogP contribution in [0.2, 0.25) is 0 Å². The van der Waals surface area contributed by atoms with E-state index in [0.717, 1.165) is 12.8 Å². The minimum absolute atomic E-state index is 0.207. The van der Waals surface area contributed by atoms with Gasteiger partial charge in [0.25, 0.3) is 0 Å². The lowest BCUT2D eigenvalue weighted by Gasteiger charge is -2.11. The molecule has 1 rings (SSSR count). The van der Waals surface area contributed by atoms with E-state index in [1.807, 2.05) is 0 Å². The van der Waals surface area contributed by atoms with Crippen LogP contribution < -0.4 is 0 Å². The Hall–Kier alpha value is -1.05. The van der Waals surface area contributed by atoms with Crippen LogP contribution >= 0.6 is 0 Å². The standard InChI is InChI=1S/C8H10O2/c1-2-10-8(9)6-7-4-3-5-7/h2,4H,1,3,5-6H2. The van der Waals surface area contributed by atoms with Gasteiger partial charge in [-0.1, -0.05) is 18.2 Å². The fourth-order valence-electron chi connectivity index (χ4n) is 0.829. The van der Waals surface area contributed by atoms with Crippen LogP contribution in [0.25, 0.3) is 0 Å². The Labute approximate surface area is 60.2 Å². The number of ether oxygens (including phenoxy) is 1. The number of carbonyl (C=O) groups is 1. The van der Waals surface area contributed by atoms with E-state index in [4.69, 9.17) is 0 Å². The molecule has 1 aliphatic rings. The second kappa shape index (κ2) is 3.20. The number of carbonyl (C=O) groups excluding carboxylic acids is 1. The number of allylic oxidation sites excluding steroid dienone is 1. The van der Waals surface area contributed by atoms with Gasteiger partial charge in [-0.25, -0.2) is 0 Å². The van der Waals surface area contributed by atoms with E-state index < -0.39 is 0 Å². The van der Waals surface area contributed by atoms with Crippen LogP contribution in [0, 0.1) is 0 Å². The van der Waals surface area contributed by atoms with Gasteiger partial charge in [-0.2, -0.15) is 0 Å². The van der Waals surface area contributed by atoms with Crippen molar-refractivity contribution in [2.45, 2.75) is 19.3 Å². The Balaban J connectivity index is 2.23. The number of hydrogen-bond donors (Lipinski definition) is 0. The summed E-state index contributed by atoms with van der Waals surface area (Å²) in [6.07, 6.45) is 5.82. The molecule has 0 amide bonds. The first-order valence-electron chi connectivity index (χ1n) is 3.31. The second-order valence-electron chi connectivity index (χ2n) is 2.23. The van der Waals surface area contributed by atoms with Gasteiger partial charge in [0.15, 0.2) is 0 Å². The summed E-state index contributed by atoms with van der Waals surface area (Å²) in [5.41, 5.74) is 1.19. The van der Waals surface area contributed by atoms with Gasteiger partial charge in [-0.15, -0.1) is 0 Å². The highest BCUT2D eigenvalue weighted by Crippen LogP contribution is 2.21. The van der Waals surface area contributed by atoms with Crippen LogP contribution in [0.15, 0.2) is 24.5 Å². The Morgan fingerprint density at radius 1 is 1.90 bits per heavy atom. The molecule has 54 valence electrons. The fraction of sp³-hybridized carbons (Fsp3) is 0.375. The maximum Gasteiger partial charge on any atom is 0.314 e. The third-order valence-corrected chi connectivity index (χ3v) is 1.48. The maximum absolute atomic E-state index is 10.7. The van der Waals surface area contributed by atoms with Crippen molar-refractivity contribution in [3.8, 4) is 0 Å². The summed E-state index contributed by atoms with van der Waals surface area (Å²) >= 11 is 0. The molecule has 0 saturated heterocycles. The second-order valence-corrected chi connectivity index (χ2v) is 2.23. The van der Waals surface area contributed by atoms with Crippen molar-refractivity contribution in [2.24, 2.45) is 0 Å². The van der Waals surface area contributed by atoms with Crippen molar-refractivity contribution < 1.29 is 9.53 Å². The largest absolute Gasteiger partial charge is 0.435 e. The lowest BCUT2D eigenvalue weighted by Crippen LogP contribution is -2.04. The summed E-state index contributed by atoms with van der Waals surface area (Å²) in [6.45, 7) is 3.29. The van der Waals surface area contributed by atoms with E-state index in [9.17, 15) is 4.79 Å². The van der Waals surface area contributed by atoms with Crippen molar-refractivity contribution in [3.63, 3.8) is 0 Å². The summed E-state index contributed by atoms with van der Waals surface area (Å²) in [5.74, 6) is -0.207. The minimum atomic E-state index is -0.207. The van der Waals surface area contributed by atoms with Crippen LogP contribution in [-0.2, 0) is 9.53 Å². The highest BCUT2D eigenvalue weighted by Gasteiger charge is 2.10. The van der Waals surface area contributed by atoms with Crippen LogP contribution in [-0.4, -0.2) is 5.97 Å². The molecule has 0 aromatic heterocycles. The molecule has 0 fully saturated rings. The molecule has 0 atom stereocenters. The topological polar surface area (TPSA) is 26.3 Å². The molecule has 0 spiro atoms. The summed E-state index contributed by atoms with van der Waals surface area (Å²) in [7, 11) is 0. The lowest BCUT2D eigenvalue weighted by molar-refractivity contribution is -0.137. The van der Waals surface area contributed by atoms with Gasteiger partial charge in [-0.05, 0) is 12.8 Å². The van der Waals surface area contributed by atoms with E-state index in [1.54, 1.807) is 0 Å². The third-order valence-electron chi connectivity index (χ3n) is 1.48. The molecule has 0 unspecified atom stereocenters. The van der Waals surface area contributed by atoms with E-state index in [1.165, 1.54) is 11.8 Å². The van der Waals surface area contributed by atoms with Gasteiger partial charge in [0.05, 0.1) is 12.7 Å². The van der Waals surface area contributed by atoms with Crippen molar-refractivity contribution >= 4 is 5.97 Å². The highest BCUT2D eigenvalue weighted by molar-refractivity contribution is 5.73. The normalized spacial score (nSPS) is 15.0. The number of rotatable bonds is 3. The van der Waals surface area contributed by atoms with E-state index in [-0.39, 0.29) is 5.97 Å². The predicted molar refractivity (Wildman–Crippen MR) is 38.2 cm³/mol. The first kappa shape index (κ1) is 7.06. The molecular weight excluding hydrogens is 128 g/mol. The van der Waals surface area contributed by atoms with Crippen molar-refractivity contribution in [1.29, 1.82) is 0 Å². The van der Waals surface area contributed by atoms with Crippen LogP contribution in [0.1, 0.15) is 19.3 Å². The average molecular weight is 138 g/mol. The SMILES string of the molecule is C=COC(=O)CC1=CCC1. The van der Waals surface area contributed by atoms with Gasteiger partial charge < -0.3 is 4.74 Å². The summed E-state index contributed by atoms with van der Waals surface area (Å²) in [5, 5.41) is 0. The van der Waals surface area contributed by atoms with Crippen molar-refractivity contribution in [3.05, 3.63) is 24.5 Å². The van der Waals surface area contributed by atoms with Gasteiger partial charge in [-0.3, -0.25) is 4.79 Å². The van der Waals surface area contributed by atoms with Gasteiger partial charge >= 0.3 is 5.97 Å². The fourth-order valence-corrected chi connectivity index (χ4v) is 0.829. The van der Waals surface area contributed by atoms with Gasteiger partial charge in [0.2, 0.25) is 0 Å². The summed E-state index contributed by atoms with van der Waals surface area (Å²) in [4.78, 5) is 10.7. The molecule has 0 saturated carbocycles. The van der Waals surface area contributed by atoms with E-state index >= 15 is 0 Å². The molecule has 1 aliphatic carbocycles. The predicted octanol–water partition coefficient (Wildman–Crippen LogP) is 1.78. The molecule has 0 radical (unpaired) electrons. The average Bonchev–Trinajstić information content (AvgIpc) is 1.80. The summed E-state index contributed by atoms with van der Waals surface area (Å²) in [6, 6.07) is 0. The van der Waals surface area contributed by atoms with Crippen molar-refractivity contribution in [1.82, 2.24) is 0 Å². The van der Waals surface area contributed by atoms with Crippen molar-refractivity contribution in [2.75, 3.05) is 0 Å². The first-order chi connectivity index (χ1) is 4.83. The van der Waals surface area contributed by atoms with Crippen LogP contribution in [0.4, 0.5) is 0 Å². The van der Waals surface area contributed by atoms with Gasteiger partial charge in [0.1, 0.15) is 0 Å². The van der Waals surface area contributed by atoms with E-state index in [0.29, 0.717) is 6.42 Å². The molecule has 0 bridgehead atoms. The minimum Gasteiger partial charge on any atom is -0.435 e.